The van der Waals surface area contributed by atoms with E-state index in [1.165, 1.54) is 23.0 Å². The van der Waals surface area contributed by atoms with E-state index in [9.17, 15) is 0 Å². The molecule has 0 radical (unpaired) electrons. The van der Waals surface area contributed by atoms with Gasteiger partial charge in [-0.15, -0.1) is 0 Å². The molecule has 1 fully saturated rings. The van der Waals surface area contributed by atoms with Crippen molar-refractivity contribution in [1.29, 1.82) is 0 Å². The minimum Gasteiger partial charge on any atom is -0.314 e. The maximum atomic E-state index is 3.69. The Kier molecular flexibility index (Phi) is 4.82. The van der Waals surface area contributed by atoms with Gasteiger partial charge in [-0.3, -0.25) is 4.90 Å². The van der Waals surface area contributed by atoms with Gasteiger partial charge in [0.05, 0.1) is 0 Å². The van der Waals surface area contributed by atoms with Crippen molar-refractivity contribution in [3.05, 3.63) is 34.3 Å². The van der Waals surface area contributed by atoms with Crippen LogP contribution in [0.1, 0.15) is 31.9 Å². The summed E-state index contributed by atoms with van der Waals surface area (Å²) in [5.74, 6) is 0.705. The van der Waals surface area contributed by atoms with Crippen LogP contribution in [0.5, 0.6) is 0 Å². The average molecular weight is 311 g/mol. The molecule has 0 bridgehead atoms. The lowest BCUT2D eigenvalue weighted by Crippen LogP contribution is -2.32. The Morgan fingerprint density at radius 3 is 2.78 bits per heavy atom. The van der Waals surface area contributed by atoms with E-state index in [0.717, 1.165) is 6.54 Å². The number of hydrogen-bond acceptors (Lipinski definition) is 2. The first-order chi connectivity index (χ1) is 8.59. The number of nitrogens with one attached hydrogen (secondary N) is 1. The van der Waals surface area contributed by atoms with Gasteiger partial charge in [-0.2, -0.15) is 0 Å². The lowest BCUT2D eigenvalue weighted by Gasteiger charge is -2.27. The minimum atomic E-state index is 0.534. The molecular weight excluding hydrogens is 288 g/mol. The minimum absolute atomic E-state index is 0.534. The van der Waals surface area contributed by atoms with E-state index >= 15 is 0 Å². The standard InChI is InChI=1S/C15H23BrN2/c1-11(2)17-10-12-8-9-18(3)15(12)13-6-4-5-7-14(13)16/h4-7,11-12,15,17H,8-10H2,1-3H3. The summed E-state index contributed by atoms with van der Waals surface area (Å²) in [6.45, 7) is 6.72. The molecule has 1 aliphatic rings. The van der Waals surface area contributed by atoms with Gasteiger partial charge in [-0.25, -0.2) is 0 Å². The van der Waals surface area contributed by atoms with Crippen LogP contribution in [0.4, 0.5) is 0 Å². The van der Waals surface area contributed by atoms with Crippen LogP contribution in [-0.2, 0) is 0 Å². The highest BCUT2D eigenvalue weighted by Crippen LogP contribution is 2.38. The number of hydrogen-bond donors (Lipinski definition) is 1. The van der Waals surface area contributed by atoms with Gasteiger partial charge in [-0.1, -0.05) is 48.0 Å². The van der Waals surface area contributed by atoms with E-state index in [1.54, 1.807) is 0 Å². The van der Waals surface area contributed by atoms with Crippen LogP contribution in [-0.4, -0.2) is 31.1 Å². The third-order valence-corrected chi connectivity index (χ3v) is 4.51. The molecule has 0 amide bonds. The molecule has 1 aliphatic heterocycles. The maximum absolute atomic E-state index is 3.69. The molecule has 0 saturated carbocycles. The molecule has 2 atom stereocenters. The van der Waals surface area contributed by atoms with Crippen molar-refractivity contribution >= 4 is 15.9 Å². The van der Waals surface area contributed by atoms with E-state index in [2.05, 4.69) is 71.3 Å². The highest BCUT2D eigenvalue weighted by atomic mass is 79.9. The molecule has 3 heteroatoms. The molecule has 1 aromatic rings. The second kappa shape index (κ2) is 6.18. The summed E-state index contributed by atoms with van der Waals surface area (Å²) >= 11 is 3.69. The van der Waals surface area contributed by atoms with Gasteiger partial charge in [0.15, 0.2) is 0 Å². The smallest absolute Gasteiger partial charge is 0.0397 e. The average Bonchev–Trinajstić information content (AvgIpc) is 2.69. The molecule has 2 rings (SSSR count). The predicted molar refractivity (Wildman–Crippen MR) is 80.8 cm³/mol. The van der Waals surface area contributed by atoms with Gasteiger partial charge in [0, 0.05) is 23.1 Å². The second-order valence-electron chi connectivity index (χ2n) is 5.56. The number of rotatable bonds is 4. The molecule has 1 N–H and O–H groups in total. The van der Waals surface area contributed by atoms with Crippen LogP contribution >= 0.6 is 15.9 Å². The first-order valence-electron chi connectivity index (χ1n) is 6.77. The summed E-state index contributed by atoms with van der Waals surface area (Å²) in [5.41, 5.74) is 1.42. The fourth-order valence-electron chi connectivity index (χ4n) is 2.83. The van der Waals surface area contributed by atoms with E-state index < -0.39 is 0 Å². The topological polar surface area (TPSA) is 15.3 Å². The fraction of sp³-hybridized carbons (Fsp3) is 0.600. The molecule has 1 aromatic carbocycles. The zero-order valence-electron chi connectivity index (χ0n) is 11.5. The van der Waals surface area contributed by atoms with E-state index in [-0.39, 0.29) is 0 Å². The summed E-state index contributed by atoms with van der Waals surface area (Å²) in [5, 5.41) is 3.59. The molecule has 0 spiro atoms. The highest BCUT2D eigenvalue weighted by Gasteiger charge is 2.33. The van der Waals surface area contributed by atoms with Crippen molar-refractivity contribution < 1.29 is 0 Å². The first kappa shape index (κ1) is 14.0. The summed E-state index contributed by atoms with van der Waals surface area (Å²) in [4.78, 5) is 2.48. The second-order valence-corrected chi connectivity index (χ2v) is 6.41. The molecule has 1 saturated heterocycles. The molecule has 2 nitrogen and oxygen atoms in total. The van der Waals surface area contributed by atoms with Gasteiger partial charge in [0.2, 0.25) is 0 Å². The van der Waals surface area contributed by atoms with Crippen molar-refractivity contribution in [2.45, 2.75) is 32.4 Å². The third kappa shape index (κ3) is 3.14. The first-order valence-corrected chi connectivity index (χ1v) is 7.57. The Balaban J connectivity index is 2.15. The van der Waals surface area contributed by atoms with Crippen LogP contribution in [0.3, 0.4) is 0 Å². The fourth-order valence-corrected chi connectivity index (χ4v) is 3.35. The normalized spacial score (nSPS) is 24.9. The largest absolute Gasteiger partial charge is 0.314 e. The zero-order valence-corrected chi connectivity index (χ0v) is 13.1. The highest BCUT2D eigenvalue weighted by molar-refractivity contribution is 9.10. The van der Waals surface area contributed by atoms with Crippen molar-refractivity contribution in [2.24, 2.45) is 5.92 Å². The summed E-state index contributed by atoms with van der Waals surface area (Å²) in [6.07, 6.45) is 1.28. The lowest BCUT2D eigenvalue weighted by molar-refractivity contribution is 0.268. The van der Waals surface area contributed by atoms with Crippen molar-refractivity contribution in [3.8, 4) is 0 Å². The van der Waals surface area contributed by atoms with Gasteiger partial charge in [0.25, 0.3) is 0 Å². The summed E-state index contributed by atoms with van der Waals surface area (Å²) in [7, 11) is 2.24. The number of nitrogens with zero attached hydrogens (tertiary/aromatic N) is 1. The molecule has 1 heterocycles. The monoisotopic (exact) mass is 310 g/mol. The van der Waals surface area contributed by atoms with Crippen LogP contribution < -0.4 is 5.32 Å². The van der Waals surface area contributed by atoms with E-state index in [1.807, 2.05) is 0 Å². The summed E-state index contributed by atoms with van der Waals surface area (Å²) in [6, 6.07) is 9.72. The van der Waals surface area contributed by atoms with Crippen LogP contribution in [0.2, 0.25) is 0 Å². The number of benzene rings is 1. The summed E-state index contributed by atoms with van der Waals surface area (Å²) < 4.78 is 1.23. The van der Waals surface area contributed by atoms with Crippen LogP contribution in [0, 0.1) is 5.92 Å². The Labute approximate surface area is 119 Å². The van der Waals surface area contributed by atoms with E-state index in [4.69, 9.17) is 0 Å². The molecule has 100 valence electrons. The molecule has 0 aromatic heterocycles. The van der Waals surface area contributed by atoms with Crippen molar-refractivity contribution in [1.82, 2.24) is 10.2 Å². The quantitative estimate of drug-likeness (QED) is 0.916. The predicted octanol–water partition coefficient (Wildman–Crippen LogP) is 3.44. The SMILES string of the molecule is CC(C)NCC1CCN(C)C1c1ccccc1Br. The van der Waals surface area contributed by atoms with Gasteiger partial charge in [-0.05, 0) is 37.6 Å². The molecular formula is C15H23BrN2. The Morgan fingerprint density at radius 2 is 2.11 bits per heavy atom. The van der Waals surface area contributed by atoms with Crippen molar-refractivity contribution in [3.63, 3.8) is 0 Å². The lowest BCUT2D eigenvalue weighted by atomic mass is 9.93. The molecule has 18 heavy (non-hydrogen) atoms. The molecule has 2 unspecified atom stereocenters. The van der Waals surface area contributed by atoms with Crippen LogP contribution in [0.15, 0.2) is 28.7 Å². The van der Waals surface area contributed by atoms with Gasteiger partial charge in [0.1, 0.15) is 0 Å². The van der Waals surface area contributed by atoms with E-state index in [0.29, 0.717) is 18.0 Å². The molecule has 0 aliphatic carbocycles. The van der Waals surface area contributed by atoms with Gasteiger partial charge >= 0.3 is 0 Å². The van der Waals surface area contributed by atoms with Gasteiger partial charge < -0.3 is 5.32 Å². The number of halogens is 1. The Bertz CT molecular complexity index is 392. The Morgan fingerprint density at radius 1 is 1.39 bits per heavy atom. The zero-order chi connectivity index (χ0) is 13.1. The Hall–Kier alpha value is -0.380. The maximum Gasteiger partial charge on any atom is 0.0397 e. The number of likely N-dealkylation sites (tertiary alicyclic amines) is 1. The van der Waals surface area contributed by atoms with Crippen molar-refractivity contribution in [2.75, 3.05) is 20.1 Å². The van der Waals surface area contributed by atoms with Crippen LogP contribution in [0.25, 0.3) is 0 Å². The third-order valence-electron chi connectivity index (χ3n) is 3.79.